The van der Waals surface area contributed by atoms with E-state index in [9.17, 15) is 0 Å². The lowest BCUT2D eigenvalue weighted by molar-refractivity contribution is 0.730. The van der Waals surface area contributed by atoms with Crippen molar-refractivity contribution >= 4 is 11.4 Å². The van der Waals surface area contributed by atoms with Crippen LogP contribution in [0.25, 0.3) is 0 Å². The van der Waals surface area contributed by atoms with Crippen molar-refractivity contribution in [3.05, 3.63) is 59.2 Å². The Morgan fingerprint density at radius 1 is 1.06 bits per heavy atom. The van der Waals surface area contributed by atoms with Crippen molar-refractivity contribution in [3.8, 4) is 0 Å². The number of anilines is 2. The van der Waals surface area contributed by atoms with E-state index in [1.807, 2.05) is 6.07 Å². The van der Waals surface area contributed by atoms with Crippen LogP contribution in [0, 0.1) is 6.92 Å². The maximum atomic E-state index is 5.90. The highest BCUT2D eigenvalue weighted by Gasteiger charge is 2.17. The molecule has 0 saturated carbocycles. The van der Waals surface area contributed by atoms with E-state index < -0.39 is 0 Å². The average Bonchev–Trinajstić information content (AvgIpc) is 2.41. The monoisotopic (exact) mass is 238 g/mol. The number of fused-ring (bicyclic) bond motifs is 1. The molecule has 0 bridgehead atoms. The molecule has 3 rings (SSSR count). The Hall–Kier alpha value is -1.96. The molecular formula is C16H18N2. The molecule has 92 valence electrons. The van der Waals surface area contributed by atoms with Gasteiger partial charge in [-0.1, -0.05) is 30.3 Å². The Balaban J connectivity index is 1.94. The van der Waals surface area contributed by atoms with Crippen molar-refractivity contribution in [2.75, 3.05) is 17.2 Å². The second-order valence-corrected chi connectivity index (χ2v) is 4.99. The fourth-order valence-electron chi connectivity index (χ4n) is 2.67. The van der Waals surface area contributed by atoms with Crippen LogP contribution in [0.4, 0.5) is 11.4 Å². The SMILES string of the molecule is Cc1ccc(N)cc1N1CCc2ccccc2C1. The third kappa shape index (κ3) is 1.94. The first-order valence-electron chi connectivity index (χ1n) is 6.42. The molecule has 2 nitrogen and oxygen atoms in total. The van der Waals surface area contributed by atoms with Gasteiger partial charge in [0.05, 0.1) is 0 Å². The first kappa shape index (κ1) is 11.1. The molecule has 18 heavy (non-hydrogen) atoms. The predicted octanol–water partition coefficient (Wildman–Crippen LogP) is 3.14. The topological polar surface area (TPSA) is 29.3 Å². The van der Waals surface area contributed by atoms with Gasteiger partial charge in [0, 0.05) is 24.5 Å². The minimum Gasteiger partial charge on any atom is -0.399 e. The number of hydrogen-bond donors (Lipinski definition) is 1. The zero-order chi connectivity index (χ0) is 12.5. The Morgan fingerprint density at radius 3 is 2.67 bits per heavy atom. The predicted molar refractivity (Wildman–Crippen MR) is 76.8 cm³/mol. The molecule has 0 aromatic heterocycles. The van der Waals surface area contributed by atoms with E-state index in [1.54, 1.807) is 0 Å². The molecule has 0 radical (unpaired) electrons. The van der Waals surface area contributed by atoms with Crippen LogP contribution in [0.2, 0.25) is 0 Å². The molecule has 1 aliphatic rings. The molecule has 0 aliphatic carbocycles. The summed E-state index contributed by atoms with van der Waals surface area (Å²) in [6.45, 7) is 4.21. The summed E-state index contributed by atoms with van der Waals surface area (Å²) < 4.78 is 0. The fraction of sp³-hybridized carbons (Fsp3) is 0.250. The van der Waals surface area contributed by atoms with E-state index in [0.717, 1.165) is 25.2 Å². The highest BCUT2D eigenvalue weighted by molar-refractivity contribution is 5.61. The minimum atomic E-state index is 0.842. The van der Waals surface area contributed by atoms with Crippen LogP contribution in [-0.2, 0) is 13.0 Å². The minimum absolute atomic E-state index is 0.842. The Kier molecular flexibility index (Phi) is 2.71. The van der Waals surface area contributed by atoms with Crippen molar-refractivity contribution in [2.24, 2.45) is 0 Å². The summed E-state index contributed by atoms with van der Waals surface area (Å²) in [6.07, 6.45) is 1.12. The van der Waals surface area contributed by atoms with Crippen LogP contribution >= 0.6 is 0 Å². The molecule has 0 amide bonds. The lowest BCUT2D eigenvalue weighted by Crippen LogP contribution is -2.30. The Bertz CT molecular complexity index is 575. The standard InChI is InChI=1S/C16H18N2/c1-12-6-7-15(17)10-16(12)18-9-8-13-4-2-3-5-14(13)11-18/h2-7,10H,8-9,11,17H2,1H3. The number of aryl methyl sites for hydroxylation is 1. The van der Waals surface area contributed by atoms with Crippen LogP contribution in [0.3, 0.4) is 0 Å². The molecule has 0 fully saturated rings. The van der Waals surface area contributed by atoms with E-state index in [2.05, 4.69) is 48.2 Å². The highest BCUT2D eigenvalue weighted by Crippen LogP contribution is 2.28. The zero-order valence-corrected chi connectivity index (χ0v) is 10.7. The van der Waals surface area contributed by atoms with Crippen molar-refractivity contribution in [2.45, 2.75) is 19.9 Å². The average molecular weight is 238 g/mol. The lowest BCUT2D eigenvalue weighted by Gasteiger charge is -2.32. The van der Waals surface area contributed by atoms with Crippen molar-refractivity contribution < 1.29 is 0 Å². The molecule has 2 aromatic carbocycles. The normalized spacial score (nSPS) is 14.4. The lowest BCUT2D eigenvalue weighted by atomic mass is 9.99. The maximum Gasteiger partial charge on any atom is 0.0432 e. The molecule has 0 atom stereocenters. The number of nitrogens with zero attached hydrogens (tertiary/aromatic N) is 1. The van der Waals surface area contributed by atoms with E-state index in [0.29, 0.717) is 0 Å². The van der Waals surface area contributed by atoms with E-state index in [1.165, 1.54) is 22.4 Å². The van der Waals surface area contributed by atoms with Crippen LogP contribution in [0.15, 0.2) is 42.5 Å². The molecule has 0 spiro atoms. The summed E-state index contributed by atoms with van der Waals surface area (Å²) in [5.74, 6) is 0. The number of benzene rings is 2. The summed E-state index contributed by atoms with van der Waals surface area (Å²) in [6, 6.07) is 14.9. The van der Waals surface area contributed by atoms with Crippen molar-refractivity contribution in [1.29, 1.82) is 0 Å². The van der Waals surface area contributed by atoms with Gasteiger partial charge >= 0.3 is 0 Å². The van der Waals surface area contributed by atoms with Gasteiger partial charge in [0.25, 0.3) is 0 Å². The number of nitrogen functional groups attached to an aromatic ring is 1. The van der Waals surface area contributed by atoms with Crippen LogP contribution in [-0.4, -0.2) is 6.54 Å². The smallest absolute Gasteiger partial charge is 0.0432 e. The van der Waals surface area contributed by atoms with Crippen LogP contribution < -0.4 is 10.6 Å². The molecule has 1 heterocycles. The summed E-state index contributed by atoms with van der Waals surface area (Å²) in [5.41, 5.74) is 12.2. The molecular weight excluding hydrogens is 220 g/mol. The molecule has 1 aliphatic heterocycles. The summed E-state index contributed by atoms with van der Waals surface area (Å²) >= 11 is 0. The molecule has 2 heteroatoms. The number of nitrogens with two attached hydrogens (primary N) is 1. The van der Waals surface area contributed by atoms with Crippen LogP contribution in [0.5, 0.6) is 0 Å². The van der Waals surface area contributed by atoms with Crippen molar-refractivity contribution in [1.82, 2.24) is 0 Å². The quantitative estimate of drug-likeness (QED) is 0.773. The van der Waals surface area contributed by atoms with Gasteiger partial charge in [-0.05, 0) is 42.2 Å². The maximum absolute atomic E-state index is 5.90. The third-order valence-corrected chi connectivity index (χ3v) is 3.70. The van der Waals surface area contributed by atoms with Gasteiger partial charge in [-0.3, -0.25) is 0 Å². The molecule has 2 N–H and O–H groups in total. The zero-order valence-electron chi connectivity index (χ0n) is 10.7. The fourth-order valence-corrected chi connectivity index (χ4v) is 2.67. The van der Waals surface area contributed by atoms with Gasteiger partial charge in [0.2, 0.25) is 0 Å². The van der Waals surface area contributed by atoms with Gasteiger partial charge in [0.1, 0.15) is 0 Å². The van der Waals surface area contributed by atoms with Crippen molar-refractivity contribution in [3.63, 3.8) is 0 Å². The van der Waals surface area contributed by atoms with Gasteiger partial charge in [-0.15, -0.1) is 0 Å². The summed E-state index contributed by atoms with van der Waals surface area (Å²) in [4.78, 5) is 2.42. The Morgan fingerprint density at radius 2 is 1.83 bits per heavy atom. The van der Waals surface area contributed by atoms with E-state index in [4.69, 9.17) is 5.73 Å². The molecule has 0 saturated heterocycles. The second kappa shape index (κ2) is 4.37. The summed E-state index contributed by atoms with van der Waals surface area (Å²) in [5, 5.41) is 0. The molecule has 2 aromatic rings. The first-order valence-corrected chi connectivity index (χ1v) is 6.42. The second-order valence-electron chi connectivity index (χ2n) is 4.99. The molecule has 0 unspecified atom stereocenters. The van der Waals surface area contributed by atoms with Gasteiger partial charge in [-0.2, -0.15) is 0 Å². The largest absolute Gasteiger partial charge is 0.399 e. The van der Waals surface area contributed by atoms with Gasteiger partial charge in [0.15, 0.2) is 0 Å². The van der Waals surface area contributed by atoms with Gasteiger partial charge < -0.3 is 10.6 Å². The summed E-state index contributed by atoms with van der Waals surface area (Å²) in [7, 11) is 0. The van der Waals surface area contributed by atoms with E-state index >= 15 is 0 Å². The number of rotatable bonds is 1. The first-order chi connectivity index (χ1) is 8.74. The highest BCUT2D eigenvalue weighted by atomic mass is 15.1. The van der Waals surface area contributed by atoms with Gasteiger partial charge in [-0.25, -0.2) is 0 Å². The Labute approximate surface area is 108 Å². The van der Waals surface area contributed by atoms with Crippen LogP contribution in [0.1, 0.15) is 16.7 Å². The number of hydrogen-bond acceptors (Lipinski definition) is 2. The van der Waals surface area contributed by atoms with E-state index in [-0.39, 0.29) is 0 Å². The third-order valence-electron chi connectivity index (χ3n) is 3.70.